The molecule has 0 unspecified atom stereocenters. The summed E-state index contributed by atoms with van der Waals surface area (Å²) in [7, 11) is 0. The van der Waals surface area contributed by atoms with Crippen LogP contribution < -0.4 is 0 Å². The molecule has 100 valence electrons. The van der Waals surface area contributed by atoms with Gasteiger partial charge in [-0.3, -0.25) is 0 Å². The maximum Gasteiger partial charge on any atom is 2.00 e. The molecule has 0 aromatic carbocycles. The van der Waals surface area contributed by atoms with E-state index in [4.69, 9.17) is 9.47 Å². The Morgan fingerprint density at radius 3 is 1.35 bits per heavy atom. The van der Waals surface area contributed by atoms with E-state index in [2.05, 4.69) is 49.7 Å². The molecule has 0 aromatic heterocycles. The molecule has 0 atom stereocenters. The minimum atomic E-state index is 0. The van der Waals surface area contributed by atoms with E-state index in [1.54, 1.807) is 0 Å². The Morgan fingerprint density at radius 1 is 0.882 bits per heavy atom. The van der Waals surface area contributed by atoms with E-state index in [1.807, 2.05) is 0 Å². The second kappa shape index (κ2) is 9.79. The van der Waals surface area contributed by atoms with Crippen LogP contribution in [0.5, 0.6) is 0 Å². The summed E-state index contributed by atoms with van der Waals surface area (Å²) >= 11 is 18.1. The first-order valence-electron chi connectivity index (χ1n) is 5.25. The molecule has 2 rings (SSSR count). The van der Waals surface area contributed by atoms with Gasteiger partial charge in [-0.25, -0.2) is 0 Å². The Kier molecular flexibility index (Phi) is 10.3. The molecule has 2 fully saturated rings. The molecule has 0 saturated heterocycles. The summed E-state index contributed by atoms with van der Waals surface area (Å²) in [6.45, 7) is 1.50. The van der Waals surface area contributed by atoms with Gasteiger partial charge < -0.3 is 59.2 Å². The van der Waals surface area contributed by atoms with Gasteiger partial charge in [0.2, 0.25) is 0 Å². The zero-order valence-corrected chi connectivity index (χ0v) is 14.7. The summed E-state index contributed by atoms with van der Waals surface area (Å²) < 4.78 is 10.3. The first-order valence-corrected chi connectivity index (χ1v) is 6.88. The topological polar surface area (TPSA) is 18.5 Å². The number of ether oxygens (including phenoxy) is 2. The molecule has 17 heavy (non-hydrogen) atoms. The fourth-order valence-electron chi connectivity index (χ4n) is 0.941. The Hall–Kier alpha value is 0.908. The third kappa shape index (κ3) is 13.1. The van der Waals surface area contributed by atoms with Crippen molar-refractivity contribution in [2.24, 2.45) is 11.8 Å². The molecule has 0 aliphatic heterocycles. The van der Waals surface area contributed by atoms with Crippen molar-refractivity contribution in [1.82, 2.24) is 0 Å². The van der Waals surface area contributed by atoms with E-state index < -0.39 is 0 Å². The van der Waals surface area contributed by atoms with Gasteiger partial charge in [0.05, 0.1) is 13.2 Å². The summed E-state index contributed by atoms with van der Waals surface area (Å²) in [6, 6.07) is 0. The van der Waals surface area contributed by atoms with E-state index in [0.29, 0.717) is 0 Å². The monoisotopic (exact) mass is 489 g/mol. The second-order valence-electron chi connectivity index (χ2n) is 4.01. The average molecular weight is 490 g/mol. The average Bonchev–Trinajstić information content (AvgIpc) is 3.06. The summed E-state index contributed by atoms with van der Waals surface area (Å²) in [5, 5.41) is 0. The summed E-state index contributed by atoms with van der Waals surface area (Å²) in [4.78, 5) is 0. The van der Waals surface area contributed by atoms with Gasteiger partial charge in [-0.15, -0.1) is 0 Å². The van der Waals surface area contributed by atoms with Gasteiger partial charge in [0.25, 0.3) is 0 Å². The van der Waals surface area contributed by atoms with Crippen molar-refractivity contribution in [2.45, 2.75) is 25.7 Å². The fraction of sp³-hybridized carbons (Fsp3) is 0.800. The van der Waals surface area contributed by atoms with E-state index in [9.17, 15) is 0 Å². The predicted molar refractivity (Wildman–Crippen MR) is 77.3 cm³/mol. The van der Waals surface area contributed by atoms with Crippen LogP contribution in [0.25, 0.3) is 0 Å². The largest absolute Gasteiger partial charge is 2.00 e. The molecule has 0 N–H and O–H groups in total. The van der Waals surface area contributed by atoms with Crippen molar-refractivity contribution in [3.63, 3.8) is 0 Å². The van der Waals surface area contributed by atoms with E-state index in [-0.39, 0.29) is 29.8 Å². The summed E-state index contributed by atoms with van der Waals surface area (Å²) in [6.07, 6.45) is 5.16. The summed E-state index contributed by atoms with van der Waals surface area (Å²) in [5.74, 6) is 1.52. The van der Waals surface area contributed by atoms with Crippen molar-refractivity contribution in [3.8, 4) is 0 Å². The van der Waals surface area contributed by atoms with E-state index in [0.717, 1.165) is 25.0 Å². The normalized spacial score (nSPS) is 16.9. The van der Waals surface area contributed by atoms with Crippen LogP contribution in [0.3, 0.4) is 0 Å². The number of rotatable bonds is 4. The SMILES string of the molecule is S=C([S-])OCC1CC1.S=C([S-])OCC1CC1.[Pt+2]. The first-order chi connectivity index (χ1) is 7.58. The van der Waals surface area contributed by atoms with Gasteiger partial charge in [0, 0.05) is 8.77 Å². The van der Waals surface area contributed by atoms with Crippen molar-refractivity contribution >= 4 is 58.5 Å². The van der Waals surface area contributed by atoms with Crippen molar-refractivity contribution in [1.29, 1.82) is 0 Å². The van der Waals surface area contributed by atoms with E-state index in [1.165, 1.54) is 25.7 Å². The predicted octanol–water partition coefficient (Wildman–Crippen LogP) is 2.49. The molecular formula is C10H14O2PtS4. The molecule has 2 nitrogen and oxygen atoms in total. The summed E-state index contributed by atoms with van der Waals surface area (Å²) in [5.41, 5.74) is 0. The molecule has 0 spiro atoms. The van der Waals surface area contributed by atoms with Crippen LogP contribution in [0.15, 0.2) is 0 Å². The molecule has 0 amide bonds. The third-order valence-electron chi connectivity index (χ3n) is 2.27. The van der Waals surface area contributed by atoms with Crippen LogP contribution in [0.4, 0.5) is 0 Å². The minimum Gasteiger partial charge on any atom is -0.513 e. The molecule has 2 saturated carbocycles. The van der Waals surface area contributed by atoms with Crippen LogP contribution in [-0.2, 0) is 55.8 Å². The Balaban J connectivity index is 0.000000284. The maximum absolute atomic E-state index is 4.91. The molecule has 7 heteroatoms. The Morgan fingerprint density at radius 2 is 1.18 bits per heavy atom. The molecule has 0 aromatic rings. The van der Waals surface area contributed by atoms with Gasteiger partial charge in [0.15, 0.2) is 0 Å². The number of thiocarbonyl (C=S) groups is 2. The molecule has 0 radical (unpaired) electrons. The van der Waals surface area contributed by atoms with Crippen LogP contribution in [-0.4, -0.2) is 22.0 Å². The Bertz CT molecular complexity index is 229. The maximum atomic E-state index is 4.91. The Labute approximate surface area is 139 Å². The smallest absolute Gasteiger partial charge is 0.513 e. The van der Waals surface area contributed by atoms with Crippen molar-refractivity contribution < 1.29 is 30.5 Å². The van der Waals surface area contributed by atoms with Gasteiger partial charge in [-0.2, -0.15) is 0 Å². The minimum absolute atomic E-state index is 0. The molecular weight excluding hydrogens is 475 g/mol. The number of hydrogen-bond acceptors (Lipinski definition) is 6. The van der Waals surface area contributed by atoms with Crippen LogP contribution in [0, 0.1) is 11.8 Å². The van der Waals surface area contributed by atoms with Crippen molar-refractivity contribution in [2.75, 3.05) is 13.2 Å². The van der Waals surface area contributed by atoms with Crippen LogP contribution >= 0.6 is 24.4 Å². The fourth-order valence-corrected chi connectivity index (χ4v) is 1.21. The van der Waals surface area contributed by atoms with E-state index >= 15 is 0 Å². The number of hydrogen-bond donors (Lipinski definition) is 0. The van der Waals surface area contributed by atoms with Gasteiger partial charge in [-0.05, 0) is 37.5 Å². The second-order valence-corrected chi connectivity index (χ2v) is 6.01. The molecule has 2 aliphatic carbocycles. The van der Waals surface area contributed by atoms with Crippen LogP contribution in [0.2, 0.25) is 0 Å². The zero-order chi connectivity index (χ0) is 12.0. The van der Waals surface area contributed by atoms with Crippen LogP contribution in [0.1, 0.15) is 25.7 Å². The van der Waals surface area contributed by atoms with Gasteiger partial charge in [0.1, 0.15) is 0 Å². The van der Waals surface area contributed by atoms with Gasteiger partial charge in [-0.1, -0.05) is 0 Å². The molecule has 0 bridgehead atoms. The quantitative estimate of drug-likeness (QED) is 0.443. The zero-order valence-electron chi connectivity index (χ0n) is 9.16. The van der Waals surface area contributed by atoms with Crippen molar-refractivity contribution in [3.05, 3.63) is 0 Å². The standard InChI is InChI=1S/2C5H8OS2.Pt/c2*7-5(8)6-3-4-1-2-4;/h2*4H,1-3H2,(H,7,8);/q;;+2/p-2. The first kappa shape index (κ1) is 17.9. The molecule has 0 heterocycles. The van der Waals surface area contributed by atoms with Gasteiger partial charge >= 0.3 is 21.1 Å². The third-order valence-corrected chi connectivity index (χ3v) is 2.74. The molecule has 2 aliphatic rings.